The lowest BCUT2D eigenvalue weighted by Gasteiger charge is -2.30. The van der Waals surface area contributed by atoms with Crippen LogP contribution in [0.15, 0.2) is 0 Å². The first kappa shape index (κ1) is 13.7. The second-order valence-electron chi connectivity index (χ2n) is 5.21. The van der Waals surface area contributed by atoms with E-state index in [0.29, 0.717) is 6.04 Å². The zero-order valence-electron chi connectivity index (χ0n) is 11.0. The van der Waals surface area contributed by atoms with Crippen molar-refractivity contribution in [1.29, 1.82) is 0 Å². The summed E-state index contributed by atoms with van der Waals surface area (Å²) in [5.74, 6) is 1.37. The average molecular weight is 258 g/mol. The number of morpholine rings is 1. The molecule has 100 valence electrons. The molecule has 3 nitrogen and oxygen atoms in total. The van der Waals surface area contributed by atoms with Gasteiger partial charge in [-0.15, -0.1) is 0 Å². The van der Waals surface area contributed by atoms with Gasteiger partial charge in [-0.25, -0.2) is 0 Å². The molecular formula is C13H26N2OS. The van der Waals surface area contributed by atoms with E-state index in [9.17, 15) is 0 Å². The summed E-state index contributed by atoms with van der Waals surface area (Å²) in [7, 11) is 0. The highest BCUT2D eigenvalue weighted by Crippen LogP contribution is 2.24. The first-order valence-electron chi connectivity index (χ1n) is 6.99. The summed E-state index contributed by atoms with van der Waals surface area (Å²) in [5, 5.41) is 4.55. The lowest BCUT2D eigenvalue weighted by Crippen LogP contribution is -2.45. The molecule has 0 aromatic rings. The Kier molecular flexibility index (Phi) is 6.12. The van der Waals surface area contributed by atoms with Crippen molar-refractivity contribution in [2.24, 2.45) is 0 Å². The van der Waals surface area contributed by atoms with Gasteiger partial charge in [-0.05, 0) is 25.5 Å². The van der Waals surface area contributed by atoms with E-state index in [4.69, 9.17) is 4.74 Å². The quantitative estimate of drug-likeness (QED) is 0.809. The zero-order chi connectivity index (χ0) is 11.9. The first-order chi connectivity index (χ1) is 8.34. The van der Waals surface area contributed by atoms with Crippen LogP contribution >= 0.6 is 11.8 Å². The molecule has 2 aliphatic rings. The lowest BCUT2D eigenvalue weighted by molar-refractivity contribution is 0.0344. The molecule has 0 aromatic heterocycles. The molecule has 0 spiro atoms. The Morgan fingerprint density at radius 2 is 2.18 bits per heavy atom. The van der Waals surface area contributed by atoms with Gasteiger partial charge < -0.3 is 10.1 Å². The van der Waals surface area contributed by atoms with Crippen LogP contribution < -0.4 is 5.32 Å². The standard InChI is InChI=1S/C13H26N2OS/c1-12(11-15-5-7-16-8-6-15)14-10-13-4-2-3-9-17-13/h12-14H,2-11H2,1H3. The van der Waals surface area contributed by atoms with Crippen molar-refractivity contribution in [1.82, 2.24) is 10.2 Å². The summed E-state index contributed by atoms with van der Waals surface area (Å²) in [6.07, 6.45) is 4.25. The molecule has 2 unspecified atom stereocenters. The van der Waals surface area contributed by atoms with Crippen molar-refractivity contribution in [3.63, 3.8) is 0 Å². The molecule has 17 heavy (non-hydrogen) atoms. The van der Waals surface area contributed by atoms with Gasteiger partial charge in [-0.2, -0.15) is 11.8 Å². The molecule has 4 heteroatoms. The van der Waals surface area contributed by atoms with Crippen LogP contribution in [0.1, 0.15) is 26.2 Å². The highest BCUT2D eigenvalue weighted by atomic mass is 32.2. The van der Waals surface area contributed by atoms with Crippen LogP contribution in [0.4, 0.5) is 0 Å². The van der Waals surface area contributed by atoms with E-state index in [1.165, 1.54) is 38.1 Å². The van der Waals surface area contributed by atoms with Crippen LogP contribution in [0.5, 0.6) is 0 Å². The third kappa shape index (κ3) is 5.16. The van der Waals surface area contributed by atoms with Gasteiger partial charge in [0.1, 0.15) is 0 Å². The number of nitrogens with one attached hydrogen (secondary N) is 1. The molecule has 2 aliphatic heterocycles. The first-order valence-corrected chi connectivity index (χ1v) is 8.04. The fraction of sp³-hybridized carbons (Fsp3) is 1.00. The summed E-state index contributed by atoms with van der Waals surface area (Å²) >= 11 is 2.16. The lowest BCUT2D eigenvalue weighted by atomic mass is 10.2. The Balaban J connectivity index is 1.57. The highest BCUT2D eigenvalue weighted by Gasteiger charge is 2.16. The van der Waals surface area contributed by atoms with Crippen LogP contribution in [0.2, 0.25) is 0 Å². The number of nitrogens with zero attached hydrogens (tertiary/aromatic N) is 1. The number of rotatable bonds is 5. The van der Waals surface area contributed by atoms with Gasteiger partial charge in [0.2, 0.25) is 0 Å². The molecule has 2 heterocycles. The minimum atomic E-state index is 0.607. The molecule has 2 rings (SSSR count). The van der Waals surface area contributed by atoms with Crippen LogP contribution in [-0.4, -0.2) is 61.3 Å². The van der Waals surface area contributed by atoms with Gasteiger partial charge in [-0.1, -0.05) is 6.42 Å². The normalized spacial score (nSPS) is 29.1. The molecule has 0 amide bonds. The Bertz CT molecular complexity index is 204. The molecular weight excluding hydrogens is 232 g/mol. The zero-order valence-corrected chi connectivity index (χ0v) is 11.8. The molecule has 0 aromatic carbocycles. The fourth-order valence-corrected chi connectivity index (χ4v) is 3.79. The third-order valence-electron chi connectivity index (χ3n) is 3.60. The van der Waals surface area contributed by atoms with Crippen LogP contribution in [0.25, 0.3) is 0 Å². The number of thioether (sulfide) groups is 1. The summed E-state index contributed by atoms with van der Waals surface area (Å²) < 4.78 is 5.37. The topological polar surface area (TPSA) is 24.5 Å². The van der Waals surface area contributed by atoms with E-state index in [-0.39, 0.29) is 0 Å². The molecule has 2 saturated heterocycles. The largest absolute Gasteiger partial charge is 0.379 e. The summed E-state index contributed by atoms with van der Waals surface area (Å²) in [6.45, 7) is 8.69. The van der Waals surface area contributed by atoms with Gasteiger partial charge in [0.25, 0.3) is 0 Å². The second kappa shape index (κ2) is 7.62. The minimum absolute atomic E-state index is 0.607. The molecule has 1 N–H and O–H groups in total. The van der Waals surface area contributed by atoms with Gasteiger partial charge >= 0.3 is 0 Å². The van der Waals surface area contributed by atoms with Gasteiger partial charge in [0.05, 0.1) is 13.2 Å². The maximum Gasteiger partial charge on any atom is 0.0594 e. The monoisotopic (exact) mass is 258 g/mol. The van der Waals surface area contributed by atoms with Crippen molar-refractivity contribution < 1.29 is 4.74 Å². The van der Waals surface area contributed by atoms with Gasteiger partial charge in [-0.3, -0.25) is 4.90 Å². The highest BCUT2D eigenvalue weighted by molar-refractivity contribution is 7.99. The maximum atomic E-state index is 5.37. The molecule has 0 saturated carbocycles. The second-order valence-corrected chi connectivity index (χ2v) is 6.62. The van der Waals surface area contributed by atoms with Crippen LogP contribution in [-0.2, 0) is 4.74 Å². The van der Waals surface area contributed by atoms with Crippen molar-refractivity contribution in [3.8, 4) is 0 Å². The number of hydrogen-bond acceptors (Lipinski definition) is 4. The number of hydrogen-bond donors (Lipinski definition) is 1. The average Bonchev–Trinajstić information content (AvgIpc) is 2.39. The van der Waals surface area contributed by atoms with Crippen LogP contribution in [0.3, 0.4) is 0 Å². The predicted molar refractivity (Wildman–Crippen MR) is 74.8 cm³/mol. The minimum Gasteiger partial charge on any atom is -0.379 e. The van der Waals surface area contributed by atoms with Crippen molar-refractivity contribution in [2.45, 2.75) is 37.5 Å². The molecule has 0 radical (unpaired) electrons. The Morgan fingerprint density at radius 1 is 1.35 bits per heavy atom. The predicted octanol–water partition coefficient (Wildman–Crippen LogP) is 1.58. The van der Waals surface area contributed by atoms with E-state index in [1.54, 1.807) is 0 Å². The smallest absolute Gasteiger partial charge is 0.0594 e. The Hall–Kier alpha value is 0.230. The van der Waals surface area contributed by atoms with E-state index < -0.39 is 0 Å². The fourth-order valence-electron chi connectivity index (χ4n) is 2.54. The van der Waals surface area contributed by atoms with Crippen molar-refractivity contribution >= 4 is 11.8 Å². The van der Waals surface area contributed by atoms with Crippen molar-refractivity contribution in [2.75, 3.05) is 45.1 Å². The van der Waals surface area contributed by atoms with Crippen molar-refractivity contribution in [3.05, 3.63) is 0 Å². The van der Waals surface area contributed by atoms with Crippen LogP contribution in [0, 0.1) is 0 Å². The van der Waals surface area contributed by atoms with E-state index in [1.807, 2.05) is 0 Å². The summed E-state index contributed by atoms with van der Waals surface area (Å²) in [6, 6.07) is 0.607. The van der Waals surface area contributed by atoms with Gasteiger partial charge in [0.15, 0.2) is 0 Å². The summed E-state index contributed by atoms with van der Waals surface area (Å²) in [5.41, 5.74) is 0. The molecule has 0 aliphatic carbocycles. The Labute approximate surface area is 110 Å². The molecule has 0 bridgehead atoms. The maximum absolute atomic E-state index is 5.37. The van der Waals surface area contributed by atoms with Gasteiger partial charge in [0, 0.05) is 37.5 Å². The van der Waals surface area contributed by atoms with E-state index >= 15 is 0 Å². The number of ether oxygens (including phenoxy) is 1. The SMILES string of the molecule is CC(CN1CCOCC1)NCC1CCCCS1. The molecule has 2 fully saturated rings. The third-order valence-corrected chi connectivity index (χ3v) is 5.00. The Morgan fingerprint density at radius 3 is 2.88 bits per heavy atom. The molecule has 2 atom stereocenters. The summed E-state index contributed by atoms with van der Waals surface area (Å²) in [4.78, 5) is 2.51. The van der Waals surface area contributed by atoms with E-state index in [2.05, 4.69) is 28.9 Å². The van der Waals surface area contributed by atoms with E-state index in [0.717, 1.165) is 31.6 Å².